The van der Waals surface area contributed by atoms with Crippen molar-refractivity contribution in [3.05, 3.63) is 0 Å². The number of hydrogen-bond donors (Lipinski definition) is 0. The molecule has 332 valence electrons. The predicted molar refractivity (Wildman–Crippen MR) is 238 cm³/mol. The molecular weight excluding hydrogens is 697 g/mol. The number of ether oxygens (including phenoxy) is 3. The summed E-state index contributed by atoms with van der Waals surface area (Å²) in [5.41, 5.74) is 0. The van der Waals surface area contributed by atoms with E-state index < -0.39 is 6.10 Å². The first-order chi connectivity index (χ1) is 27.3. The Morgan fingerprint density at radius 1 is 0.375 bits per heavy atom. The highest BCUT2D eigenvalue weighted by atomic mass is 16.6. The lowest BCUT2D eigenvalue weighted by molar-refractivity contribution is -0.167. The van der Waals surface area contributed by atoms with E-state index in [-0.39, 0.29) is 31.1 Å². The van der Waals surface area contributed by atoms with Gasteiger partial charge in [0.05, 0.1) is 0 Å². The van der Waals surface area contributed by atoms with Crippen molar-refractivity contribution in [2.45, 2.75) is 278 Å². The van der Waals surface area contributed by atoms with Crippen LogP contribution >= 0.6 is 0 Å². The van der Waals surface area contributed by atoms with E-state index in [0.717, 1.165) is 69.6 Å². The Morgan fingerprint density at radius 3 is 1.02 bits per heavy atom. The van der Waals surface area contributed by atoms with E-state index in [2.05, 4.69) is 34.6 Å². The Kier molecular flexibility index (Phi) is 41.8. The standard InChI is InChI=1S/C50H96O6/c1-6-8-9-10-11-12-13-14-15-16-17-18-21-24-30-35-40-48(51)54-43-47(56-50(53)42-37-32-27-26-29-34-39-46(5)7-2)44-55-49(52)41-36-31-25-22-19-20-23-28-33-38-45(3)4/h45-47H,6-44H2,1-5H3/t46?,47-/m1/s1. The molecule has 0 bridgehead atoms. The van der Waals surface area contributed by atoms with Gasteiger partial charge in [0.15, 0.2) is 6.10 Å². The van der Waals surface area contributed by atoms with E-state index in [1.54, 1.807) is 0 Å². The van der Waals surface area contributed by atoms with Crippen molar-refractivity contribution in [3.63, 3.8) is 0 Å². The van der Waals surface area contributed by atoms with Gasteiger partial charge >= 0.3 is 17.9 Å². The van der Waals surface area contributed by atoms with Gasteiger partial charge in [0, 0.05) is 19.3 Å². The zero-order valence-electron chi connectivity index (χ0n) is 38.3. The Balaban J connectivity index is 4.29. The molecule has 0 amide bonds. The molecule has 0 aromatic rings. The average molecular weight is 793 g/mol. The molecule has 0 N–H and O–H groups in total. The molecular formula is C50H96O6. The second-order valence-corrected chi connectivity index (χ2v) is 17.8. The average Bonchev–Trinajstić information content (AvgIpc) is 3.18. The highest BCUT2D eigenvalue weighted by Crippen LogP contribution is 2.17. The first-order valence-corrected chi connectivity index (χ1v) is 24.8. The van der Waals surface area contributed by atoms with Gasteiger partial charge in [0.1, 0.15) is 13.2 Å². The van der Waals surface area contributed by atoms with E-state index in [1.165, 1.54) is 161 Å². The normalized spacial score (nSPS) is 12.5. The highest BCUT2D eigenvalue weighted by Gasteiger charge is 2.19. The zero-order valence-corrected chi connectivity index (χ0v) is 38.3. The SMILES string of the molecule is CCCCCCCCCCCCCCCCCCC(=O)OC[C@H](COC(=O)CCCCCCCCCCCC(C)C)OC(=O)CCCCCCCCC(C)CC. The Labute approximate surface area is 348 Å². The fraction of sp³-hybridized carbons (Fsp3) is 0.940. The Bertz CT molecular complexity index is 856. The third-order valence-electron chi connectivity index (χ3n) is 11.6. The summed E-state index contributed by atoms with van der Waals surface area (Å²) in [5.74, 6) is 0.762. The molecule has 0 heterocycles. The van der Waals surface area contributed by atoms with Gasteiger partial charge in [0.25, 0.3) is 0 Å². The van der Waals surface area contributed by atoms with E-state index >= 15 is 0 Å². The van der Waals surface area contributed by atoms with Gasteiger partial charge in [-0.3, -0.25) is 14.4 Å². The van der Waals surface area contributed by atoms with Crippen molar-refractivity contribution >= 4 is 17.9 Å². The summed E-state index contributed by atoms with van der Waals surface area (Å²) in [5, 5.41) is 0. The zero-order chi connectivity index (χ0) is 41.2. The fourth-order valence-corrected chi connectivity index (χ4v) is 7.43. The first-order valence-electron chi connectivity index (χ1n) is 24.8. The van der Waals surface area contributed by atoms with Crippen LogP contribution in [0.3, 0.4) is 0 Å². The molecule has 0 aliphatic carbocycles. The Hall–Kier alpha value is -1.59. The van der Waals surface area contributed by atoms with Crippen molar-refractivity contribution < 1.29 is 28.6 Å². The molecule has 56 heavy (non-hydrogen) atoms. The number of carbonyl (C=O) groups is 3. The van der Waals surface area contributed by atoms with Gasteiger partial charge in [0.2, 0.25) is 0 Å². The topological polar surface area (TPSA) is 78.9 Å². The predicted octanol–water partition coefficient (Wildman–Crippen LogP) is 15.8. The molecule has 0 aromatic heterocycles. The molecule has 0 aliphatic heterocycles. The van der Waals surface area contributed by atoms with Gasteiger partial charge < -0.3 is 14.2 Å². The maximum absolute atomic E-state index is 12.7. The third-order valence-corrected chi connectivity index (χ3v) is 11.6. The monoisotopic (exact) mass is 793 g/mol. The number of esters is 3. The van der Waals surface area contributed by atoms with Crippen LogP contribution in [0.4, 0.5) is 0 Å². The minimum atomic E-state index is -0.762. The van der Waals surface area contributed by atoms with Crippen molar-refractivity contribution in [2.24, 2.45) is 11.8 Å². The van der Waals surface area contributed by atoms with Crippen LogP contribution in [-0.2, 0) is 28.6 Å². The molecule has 0 saturated carbocycles. The maximum Gasteiger partial charge on any atom is 0.306 e. The maximum atomic E-state index is 12.7. The fourth-order valence-electron chi connectivity index (χ4n) is 7.43. The molecule has 0 radical (unpaired) electrons. The molecule has 0 aliphatic rings. The molecule has 0 fully saturated rings. The van der Waals surface area contributed by atoms with E-state index in [4.69, 9.17) is 14.2 Å². The molecule has 0 aromatic carbocycles. The smallest absolute Gasteiger partial charge is 0.306 e. The van der Waals surface area contributed by atoms with Crippen molar-refractivity contribution in [2.75, 3.05) is 13.2 Å². The molecule has 6 heteroatoms. The highest BCUT2D eigenvalue weighted by molar-refractivity contribution is 5.71. The van der Waals surface area contributed by atoms with Gasteiger partial charge in [-0.25, -0.2) is 0 Å². The van der Waals surface area contributed by atoms with E-state index in [0.29, 0.717) is 19.3 Å². The third kappa shape index (κ3) is 42.0. The number of rotatable bonds is 44. The van der Waals surface area contributed by atoms with Crippen LogP contribution in [0.15, 0.2) is 0 Å². The summed E-state index contributed by atoms with van der Waals surface area (Å²) in [6.07, 6.45) is 42.4. The van der Waals surface area contributed by atoms with Crippen LogP contribution in [0.2, 0.25) is 0 Å². The van der Waals surface area contributed by atoms with E-state index in [9.17, 15) is 14.4 Å². The molecule has 0 spiro atoms. The van der Waals surface area contributed by atoms with Crippen molar-refractivity contribution in [3.8, 4) is 0 Å². The molecule has 0 rings (SSSR count). The van der Waals surface area contributed by atoms with Crippen molar-refractivity contribution in [1.82, 2.24) is 0 Å². The van der Waals surface area contributed by atoms with Gasteiger partial charge in [-0.05, 0) is 31.1 Å². The minimum absolute atomic E-state index is 0.0651. The second kappa shape index (κ2) is 43.0. The number of carbonyl (C=O) groups excluding carboxylic acids is 3. The number of hydrogen-bond acceptors (Lipinski definition) is 6. The van der Waals surface area contributed by atoms with Gasteiger partial charge in [-0.15, -0.1) is 0 Å². The summed E-state index contributed by atoms with van der Waals surface area (Å²) in [6.45, 7) is 11.3. The summed E-state index contributed by atoms with van der Waals surface area (Å²) in [7, 11) is 0. The molecule has 6 nitrogen and oxygen atoms in total. The van der Waals surface area contributed by atoms with Crippen LogP contribution in [0, 0.1) is 11.8 Å². The summed E-state index contributed by atoms with van der Waals surface area (Å²) in [4.78, 5) is 37.8. The number of unbranched alkanes of at least 4 members (excludes halogenated alkanes) is 28. The van der Waals surface area contributed by atoms with Gasteiger partial charge in [-0.1, -0.05) is 234 Å². The first kappa shape index (κ1) is 54.4. The summed E-state index contributed by atoms with van der Waals surface area (Å²) in [6, 6.07) is 0. The summed E-state index contributed by atoms with van der Waals surface area (Å²) < 4.78 is 16.8. The summed E-state index contributed by atoms with van der Waals surface area (Å²) >= 11 is 0. The lowest BCUT2D eigenvalue weighted by atomic mass is 10.00. The van der Waals surface area contributed by atoms with Crippen LogP contribution in [0.5, 0.6) is 0 Å². The van der Waals surface area contributed by atoms with Crippen LogP contribution in [-0.4, -0.2) is 37.2 Å². The van der Waals surface area contributed by atoms with Crippen LogP contribution in [0.1, 0.15) is 272 Å². The molecule has 0 saturated heterocycles. The van der Waals surface area contributed by atoms with Crippen LogP contribution in [0.25, 0.3) is 0 Å². The second-order valence-electron chi connectivity index (χ2n) is 17.8. The molecule has 2 atom stereocenters. The quantitative estimate of drug-likeness (QED) is 0.0347. The lowest BCUT2D eigenvalue weighted by Gasteiger charge is -2.18. The largest absolute Gasteiger partial charge is 0.462 e. The van der Waals surface area contributed by atoms with E-state index in [1.807, 2.05) is 0 Å². The van der Waals surface area contributed by atoms with Gasteiger partial charge in [-0.2, -0.15) is 0 Å². The minimum Gasteiger partial charge on any atom is -0.462 e. The van der Waals surface area contributed by atoms with Crippen molar-refractivity contribution in [1.29, 1.82) is 0 Å². The van der Waals surface area contributed by atoms with Crippen LogP contribution < -0.4 is 0 Å². The molecule has 1 unspecified atom stereocenters. The Morgan fingerprint density at radius 2 is 0.679 bits per heavy atom. The lowest BCUT2D eigenvalue weighted by Crippen LogP contribution is -2.30.